The molecule has 0 aliphatic rings. The van der Waals surface area contributed by atoms with E-state index >= 15 is 0 Å². The Morgan fingerprint density at radius 1 is 1.30 bits per heavy atom. The van der Waals surface area contributed by atoms with Crippen LogP contribution in [0.15, 0.2) is 29.7 Å². The van der Waals surface area contributed by atoms with Gasteiger partial charge in [-0.1, -0.05) is 29.8 Å². The number of hydrogen-bond donors (Lipinski definition) is 1. The fourth-order valence-corrected chi connectivity index (χ4v) is 2.11. The van der Waals surface area contributed by atoms with Gasteiger partial charge in [0.1, 0.15) is 6.54 Å². The number of nitrogens with one attached hydrogen (secondary N) is 1. The van der Waals surface area contributed by atoms with E-state index in [4.69, 9.17) is 4.74 Å². The molecule has 0 saturated heterocycles. The third-order valence-electron chi connectivity index (χ3n) is 2.30. The van der Waals surface area contributed by atoms with Crippen molar-refractivity contribution < 1.29 is 17.9 Å². The number of carbonyl (C=O) groups is 1. The van der Waals surface area contributed by atoms with Crippen molar-refractivity contribution in [3.63, 3.8) is 0 Å². The van der Waals surface area contributed by atoms with Crippen molar-refractivity contribution in [3.8, 4) is 0 Å². The van der Waals surface area contributed by atoms with Crippen molar-refractivity contribution in [1.29, 1.82) is 0 Å². The quantitative estimate of drug-likeness (QED) is 0.813. The van der Waals surface area contributed by atoms with Gasteiger partial charge in [0.05, 0.1) is 6.10 Å². The van der Waals surface area contributed by atoms with Gasteiger partial charge >= 0.3 is 5.97 Å². The van der Waals surface area contributed by atoms with Crippen LogP contribution in [0.5, 0.6) is 0 Å². The first kappa shape index (κ1) is 16.4. The molecular formula is C14H19NO4S. The van der Waals surface area contributed by atoms with Gasteiger partial charge in [0.25, 0.3) is 0 Å². The average molecular weight is 297 g/mol. The zero-order valence-electron chi connectivity index (χ0n) is 11.8. The topological polar surface area (TPSA) is 72.5 Å². The Morgan fingerprint density at radius 3 is 2.45 bits per heavy atom. The molecule has 5 nitrogen and oxygen atoms in total. The van der Waals surface area contributed by atoms with E-state index in [-0.39, 0.29) is 12.6 Å². The Labute approximate surface area is 119 Å². The van der Waals surface area contributed by atoms with Gasteiger partial charge in [0.2, 0.25) is 10.0 Å². The van der Waals surface area contributed by atoms with Gasteiger partial charge in [-0.25, -0.2) is 13.1 Å². The van der Waals surface area contributed by atoms with Crippen molar-refractivity contribution in [2.45, 2.75) is 26.9 Å². The molecule has 1 rings (SSSR count). The summed E-state index contributed by atoms with van der Waals surface area (Å²) in [5, 5.41) is 1.03. The average Bonchev–Trinajstić information content (AvgIpc) is 2.35. The third kappa shape index (κ3) is 6.49. The van der Waals surface area contributed by atoms with Gasteiger partial charge < -0.3 is 4.74 Å². The number of benzene rings is 1. The van der Waals surface area contributed by atoms with Crippen molar-refractivity contribution in [3.05, 3.63) is 40.8 Å². The molecule has 0 saturated carbocycles. The van der Waals surface area contributed by atoms with Crippen LogP contribution in [0.4, 0.5) is 0 Å². The molecule has 0 aliphatic carbocycles. The Kier molecular flexibility index (Phi) is 5.91. The number of rotatable bonds is 6. The molecule has 0 unspecified atom stereocenters. The second-order valence-electron chi connectivity index (χ2n) is 4.62. The highest BCUT2D eigenvalue weighted by Gasteiger charge is 2.10. The maximum absolute atomic E-state index is 11.7. The number of ether oxygens (including phenoxy) is 1. The minimum absolute atomic E-state index is 0.268. The summed E-state index contributed by atoms with van der Waals surface area (Å²) in [6, 6.07) is 7.40. The summed E-state index contributed by atoms with van der Waals surface area (Å²) < 4.78 is 30.3. The molecule has 0 spiro atoms. The minimum atomic E-state index is -3.65. The van der Waals surface area contributed by atoms with Crippen LogP contribution in [0, 0.1) is 6.92 Å². The van der Waals surface area contributed by atoms with E-state index in [0.717, 1.165) is 16.5 Å². The Bertz CT molecular complexity index is 574. The lowest BCUT2D eigenvalue weighted by Crippen LogP contribution is -2.30. The molecule has 110 valence electrons. The SMILES string of the molecule is Cc1ccc(/C=C/S(=O)(=O)NCC(=O)OC(C)C)cc1. The predicted octanol–water partition coefficient (Wildman–Crippen LogP) is 1.84. The number of aryl methyl sites for hydroxylation is 1. The van der Waals surface area contributed by atoms with Crippen LogP contribution in [0.1, 0.15) is 25.0 Å². The molecule has 20 heavy (non-hydrogen) atoms. The van der Waals surface area contributed by atoms with Gasteiger partial charge in [-0.3, -0.25) is 4.79 Å². The lowest BCUT2D eigenvalue weighted by atomic mass is 10.2. The number of carbonyl (C=O) groups excluding carboxylic acids is 1. The molecule has 0 aliphatic heterocycles. The summed E-state index contributed by atoms with van der Waals surface area (Å²) in [5.41, 5.74) is 1.87. The van der Waals surface area contributed by atoms with E-state index in [1.54, 1.807) is 13.8 Å². The zero-order chi connectivity index (χ0) is 15.2. The zero-order valence-corrected chi connectivity index (χ0v) is 12.6. The lowest BCUT2D eigenvalue weighted by molar-refractivity contribution is -0.145. The van der Waals surface area contributed by atoms with Crippen molar-refractivity contribution in [2.24, 2.45) is 0 Å². The van der Waals surface area contributed by atoms with Crippen molar-refractivity contribution >= 4 is 22.1 Å². The van der Waals surface area contributed by atoms with E-state index in [0.29, 0.717) is 0 Å². The van der Waals surface area contributed by atoms with Crippen LogP contribution in [0.25, 0.3) is 6.08 Å². The molecule has 0 heterocycles. The van der Waals surface area contributed by atoms with Crippen LogP contribution in [0.3, 0.4) is 0 Å². The van der Waals surface area contributed by atoms with Crippen LogP contribution in [-0.2, 0) is 19.6 Å². The normalized spacial score (nSPS) is 12.0. The van der Waals surface area contributed by atoms with Crippen LogP contribution in [0.2, 0.25) is 0 Å². The number of sulfonamides is 1. The van der Waals surface area contributed by atoms with Crippen LogP contribution >= 0.6 is 0 Å². The molecular weight excluding hydrogens is 278 g/mol. The summed E-state index contributed by atoms with van der Waals surface area (Å²) in [7, 11) is -3.65. The Morgan fingerprint density at radius 2 is 1.90 bits per heavy atom. The molecule has 1 aromatic rings. The lowest BCUT2D eigenvalue weighted by Gasteiger charge is -2.07. The number of esters is 1. The van der Waals surface area contributed by atoms with Crippen LogP contribution in [-0.4, -0.2) is 27.0 Å². The second kappa shape index (κ2) is 7.21. The summed E-state index contributed by atoms with van der Waals surface area (Å²) >= 11 is 0. The fraction of sp³-hybridized carbons (Fsp3) is 0.357. The Hall–Kier alpha value is -1.66. The fourth-order valence-electron chi connectivity index (χ4n) is 1.36. The molecule has 0 atom stereocenters. The highest BCUT2D eigenvalue weighted by Crippen LogP contribution is 2.06. The monoisotopic (exact) mass is 297 g/mol. The predicted molar refractivity (Wildman–Crippen MR) is 78.4 cm³/mol. The summed E-state index contributed by atoms with van der Waals surface area (Å²) in [6.07, 6.45) is 1.20. The molecule has 6 heteroatoms. The van der Waals surface area contributed by atoms with Gasteiger partial charge in [-0.15, -0.1) is 0 Å². The van der Waals surface area contributed by atoms with Gasteiger partial charge in [0, 0.05) is 5.41 Å². The van der Waals surface area contributed by atoms with E-state index < -0.39 is 16.0 Å². The summed E-state index contributed by atoms with van der Waals surface area (Å²) in [5.74, 6) is -0.604. The number of hydrogen-bond acceptors (Lipinski definition) is 4. The standard InChI is InChI=1S/C14H19NO4S/c1-11(2)19-14(16)10-15-20(17,18)9-8-13-6-4-12(3)5-7-13/h4-9,11,15H,10H2,1-3H3/b9-8+. The third-order valence-corrected chi connectivity index (χ3v) is 3.34. The van der Waals surface area contributed by atoms with Crippen LogP contribution < -0.4 is 4.72 Å². The van der Waals surface area contributed by atoms with E-state index in [1.165, 1.54) is 6.08 Å². The molecule has 0 radical (unpaired) electrons. The van der Waals surface area contributed by atoms with Gasteiger partial charge in [0.15, 0.2) is 0 Å². The molecule has 0 amide bonds. The second-order valence-corrected chi connectivity index (χ2v) is 6.27. The highest BCUT2D eigenvalue weighted by molar-refractivity contribution is 7.92. The first-order valence-electron chi connectivity index (χ1n) is 6.22. The molecule has 1 aromatic carbocycles. The first-order valence-corrected chi connectivity index (χ1v) is 7.77. The maximum atomic E-state index is 11.7. The minimum Gasteiger partial charge on any atom is -0.462 e. The van der Waals surface area contributed by atoms with E-state index in [1.807, 2.05) is 31.2 Å². The van der Waals surface area contributed by atoms with Gasteiger partial charge in [-0.2, -0.15) is 0 Å². The summed E-state index contributed by atoms with van der Waals surface area (Å²) in [4.78, 5) is 11.2. The molecule has 1 N–H and O–H groups in total. The van der Waals surface area contributed by atoms with Crippen molar-refractivity contribution in [2.75, 3.05) is 6.54 Å². The first-order chi connectivity index (χ1) is 9.28. The highest BCUT2D eigenvalue weighted by atomic mass is 32.2. The molecule has 0 bridgehead atoms. The van der Waals surface area contributed by atoms with E-state index in [9.17, 15) is 13.2 Å². The summed E-state index contributed by atoms with van der Waals surface area (Å²) in [6.45, 7) is 4.97. The molecule has 0 aromatic heterocycles. The smallest absolute Gasteiger partial charge is 0.321 e. The Balaban J connectivity index is 2.57. The van der Waals surface area contributed by atoms with Crippen molar-refractivity contribution in [1.82, 2.24) is 4.72 Å². The molecule has 0 fully saturated rings. The maximum Gasteiger partial charge on any atom is 0.321 e. The largest absolute Gasteiger partial charge is 0.462 e. The van der Waals surface area contributed by atoms with Gasteiger partial charge in [-0.05, 0) is 32.4 Å². The van der Waals surface area contributed by atoms with E-state index in [2.05, 4.69) is 4.72 Å².